The molecule has 184 valence electrons. The molecular formula is C27H36N8. The number of hydrogen-bond donors (Lipinski definition) is 3. The Morgan fingerprint density at radius 2 is 1.86 bits per heavy atom. The quantitative estimate of drug-likeness (QED) is 0.506. The van der Waals surface area contributed by atoms with E-state index in [1.165, 1.54) is 48.1 Å². The van der Waals surface area contributed by atoms with Crippen molar-refractivity contribution in [3.63, 3.8) is 0 Å². The third-order valence-electron chi connectivity index (χ3n) is 7.60. The van der Waals surface area contributed by atoms with E-state index in [9.17, 15) is 0 Å². The number of anilines is 2. The van der Waals surface area contributed by atoms with Crippen molar-refractivity contribution in [1.82, 2.24) is 30.4 Å². The molecule has 8 nitrogen and oxygen atoms in total. The van der Waals surface area contributed by atoms with Crippen molar-refractivity contribution in [2.75, 3.05) is 42.9 Å². The maximum Gasteiger partial charge on any atom is 0.225 e. The van der Waals surface area contributed by atoms with E-state index >= 15 is 0 Å². The zero-order chi connectivity index (χ0) is 23.5. The molecule has 2 fully saturated rings. The number of likely N-dealkylation sites (tertiary alicyclic amines) is 1. The number of benzene rings is 1. The third kappa shape index (κ3) is 5.04. The zero-order valence-electron chi connectivity index (χ0n) is 20.5. The van der Waals surface area contributed by atoms with E-state index in [4.69, 9.17) is 9.97 Å². The maximum atomic E-state index is 5.10. The normalized spacial score (nSPS) is 21.0. The molecule has 6 rings (SSSR count). The fourth-order valence-electron chi connectivity index (χ4n) is 5.74. The van der Waals surface area contributed by atoms with E-state index in [1.54, 1.807) is 0 Å². The van der Waals surface area contributed by atoms with Gasteiger partial charge in [0.15, 0.2) is 0 Å². The molecule has 1 unspecified atom stereocenters. The minimum absolute atomic E-state index is 0.360. The maximum absolute atomic E-state index is 5.10. The van der Waals surface area contributed by atoms with Crippen LogP contribution in [0.2, 0.25) is 0 Å². The lowest BCUT2D eigenvalue weighted by atomic mass is 10.1. The highest BCUT2D eigenvalue weighted by atomic mass is 15.3. The summed E-state index contributed by atoms with van der Waals surface area (Å²) in [5.74, 6) is 1.97. The summed E-state index contributed by atoms with van der Waals surface area (Å²) in [5, 5.41) is 14.8. The van der Waals surface area contributed by atoms with Crippen LogP contribution in [0.3, 0.4) is 0 Å². The van der Waals surface area contributed by atoms with Crippen LogP contribution in [0.5, 0.6) is 0 Å². The Hall–Kier alpha value is -2.97. The summed E-state index contributed by atoms with van der Waals surface area (Å²) in [6.07, 6.45) is 9.21. The van der Waals surface area contributed by atoms with Gasteiger partial charge in [0.2, 0.25) is 5.95 Å². The Kier molecular flexibility index (Phi) is 6.64. The molecule has 0 bridgehead atoms. The number of hydrogen-bond acceptors (Lipinski definition) is 7. The highest BCUT2D eigenvalue weighted by Gasteiger charge is 2.27. The Morgan fingerprint density at radius 3 is 2.71 bits per heavy atom. The van der Waals surface area contributed by atoms with Crippen molar-refractivity contribution in [3.8, 4) is 11.3 Å². The van der Waals surface area contributed by atoms with Gasteiger partial charge in [-0.15, -0.1) is 0 Å². The molecule has 2 saturated heterocycles. The van der Waals surface area contributed by atoms with Crippen LogP contribution in [0.25, 0.3) is 11.3 Å². The molecule has 0 radical (unpaired) electrons. The number of fused-ring (bicyclic) bond motifs is 1. The van der Waals surface area contributed by atoms with E-state index in [2.05, 4.69) is 54.9 Å². The summed E-state index contributed by atoms with van der Waals surface area (Å²) in [5.41, 5.74) is 6.09. The van der Waals surface area contributed by atoms with E-state index < -0.39 is 0 Å². The SMILES string of the molecule is c1ccc(-c2[nH]ncc2CN2CCC(Nc3nc4c(c(N5CCCCCC5)n3)CNCC4)C2)cc1. The van der Waals surface area contributed by atoms with Crippen molar-refractivity contribution in [3.05, 3.63) is 53.3 Å². The molecular weight excluding hydrogens is 436 g/mol. The number of aromatic nitrogens is 4. The van der Waals surface area contributed by atoms with Gasteiger partial charge in [-0.25, -0.2) is 4.98 Å². The van der Waals surface area contributed by atoms with E-state index in [-0.39, 0.29) is 0 Å². The lowest BCUT2D eigenvalue weighted by molar-refractivity contribution is 0.329. The van der Waals surface area contributed by atoms with Crippen LogP contribution in [0, 0.1) is 0 Å². The lowest BCUT2D eigenvalue weighted by Crippen LogP contribution is -2.33. The minimum Gasteiger partial charge on any atom is -0.356 e. The smallest absolute Gasteiger partial charge is 0.225 e. The van der Waals surface area contributed by atoms with Crippen LogP contribution in [0.4, 0.5) is 11.8 Å². The van der Waals surface area contributed by atoms with Crippen molar-refractivity contribution in [1.29, 1.82) is 0 Å². The number of nitrogens with zero attached hydrogens (tertiary/aromatic N) is 5. The standard InChI is InChI=1S/C27H36N8/c1-2-7-14-35(13-6-1)26-23-17-28-12-10-24(23)31-27(32-26)30-22-11-15-34(19-22)18-21-16-29-33-25(21)20-8-4-3-5-9-20/h3-5,8-9,16,22,28H,1-2,6-7,10-15,17-19H2,(H,29,33)(H,30,31,32). The summed E-state index contributed by atoms with van der Waals surface area (Å²) >= 11 is 0. The molecule has 2 aromatic heterocycles. The number of H-pyrrole nitrogens is 1. The summed E-state index contributed by atoms with van der Waals surface area (Å²) in [4.78, 5) is 15.1. The fourth-order valence-corrected chi connectivity index (χ4v) is 5.74. The lowest BCUT2D eigenvalue weighted by Gasteiger charge is -2.28. The molecule has 0 aliphatic carbocycles. The van der Waals surface area contributed by atoms with E-state index in [0.29, 0.717) is 6.04 Å². The molecule has 3 aromatic rings. The summed E-state index contributed by atoms with van der Waals surface area (Å²) in [7, 11) is 0. The van der Waals surface area contributed by atoms with Crippen LogP contribution in [-0.4, -0.2) is 63.8 Å². The first-order chi connectivity index (χ1) is 17.3. The van der Waals surface area contributed by atoms with Gasteiger partial charge in [-0.3, -0.25) is 10.00 Å². The average Bonchev–Trinajstić information content (AvgIpc) is 3.45. The van der Waals surface area contributed by atoms with Gasteiger partial charge in [0.1, 0.15) is 5.82 Å². The second-order valence-corrected chi connectivity index (χ2v) is 10.1. The first-order valence-corrected chi connectivity index (χ1v) is 13.3. The highest BCUT2D eigenvalue weighted by molar-refractivity contribution is 5.62. The molecule has 0 spiro atoms. The van der Waals surface area contributed by atoms with Gasteiger partial charge >= 0.3 is 0 Å². The molecule has 1 atom stereocenters. The van der Waals surface area contributed by atoms with Gasteiger partial charge in [-0.1, -0.05) is 43.2 Å². The Bertz CT molecular complexity index is 1120. The molecule has 5 heterocycles. The van der Waals surface area contributed by atoms with Gasteiger partial charge < -0.3 is 15.5 Å². The molecule has 0 amide bonds. The third-order valence-corrected chi connectivity index (χ3v) is 7.60. The van der Waals surface area contributed by atoms with E-state index in [1.807, 2.05) is 12.3 Å². The van der Waals surface area contributed by atoms with Gasteiger partial charge in [-0.05, 0) is 24.8 Å². The van der Waals surface area contributed by atoms with Crippen molar-refractivity contribution >= 4 is 11.8 Å². The predicted octanol–water partition coefficient (Wildman–Crippen LogP) is 3.58. The topological polar surface area (TPSA) is 85.0 Å². The van der Waals surface area contributed by atoms with E-state index in [0.717, 1.165) is 76.1 Å². The molecule has 35 heavy (non-hydrogen) atoms. The van der Waals surface area contributed by atoms with Crippen LogP contribution >= 0.6 is 0 Å². The first kappa shape index (κ1) is 22.5. The number of nitrogens with one attached hydrogen (secondary N) is 3. The number of rotatable bonds is 6. The highest BCUT2D eigenvalue weighted by Crippen LogP contribution is 2.29. The molecule has 1 aromatic carbocycles. The summed E-state index contributed by atoms with van der Waals surface area (Å²) in [6.45, 7) is 7.03. The second-order valence-electron chi connectivity index (χ2n) is 10.1. The Morgan fingerprint density at radius 1 is 1.00 bits per heavy atom. The Balaban J connectivity index is 1.15. The van der Waals surface area contributed by atoms with Crippen LogP contribution in [-0.2, 0) is 19.5 Å². The Labute approximate surface area is 207 Å². The molecule has 3 aliphatic heterocycles. The van der Waals surface area contributed by atoms with Gasteiger partial charge in [-0.2, -0.15) is 10.1 Å². The average molecular weight is 473 g/mol. The molecule has 3 aliphatic rings. The number of aromatic amines is 1. The second kappa shape index (κ2) is 10.3. The molecule has 0 saturated carbocycles. The van der Waals surface area contributed by atoms with Crippen molar-refractivity contribution in [2.24, 2.45) is 0 Å². The van der Waals surface area contributed by atoms with Gasteiger partial charge in [0.25, 0.3) is 0 Å². The van der Waals surface area contributed by atoms with Gasteiger partial charge in [0, 0.05) is 69.4 Å². The summed E-state index contributed by atoms with van der Waals surface area (Å²) in [6, 6.07) is 10.8. The van der Waals surface area contributed by atoms with Crippen LogP contribution in [0.15, 0.2) is 36.5 Å². The monoisotopic (exact) mass is 472 g/mol. The van der Waals surface area contributed by atoms with Crippen molar-refractivity contribution in [2.45, 2.75) is 57.7 Å². The predicted molar refractivity (Wildman–Crippen MR) is 139 cm³/mol. The first-order valence-electron chi connectivity index (χ1n) is 13.3. The van der Waals surface area contributed by atoms with Crippen LogP contribution in [0.1, 0.15) is 48.9 Å². The van der Waals surface area contributed by atoms with Gasteiger partial charge in [0.05, 0.1) is 17.6 Å². The molecule has 3 N–H and O–H groups in total. The zero-order valence-corrected chi connectivity index (χ0v) is 20.5. The fraction of sp³-hybridized carbons (Fsp3) is 0.519. The summed E-state index contributed by atoms with van der Waals surface area (Å²) < 4.78 is 0. The van der Waals surface area contributed by atoms with Crippen LogP contribution < -0.4 is 15.5 Å². The largest absolute Gasteiger partial charge is 0.356 e. The van der Waals surface area contributed by atoms with Crippen molar-refractivity contribution < 1.29 is 0 Å². The minimum atomic E-state index is 0.360. The molecule has 8 heteroatoms.